The van der Waals surface area contributed by atoms with Crippen LogP contribution in [0.2, 0.25) is 0 Å². The van der Waals surface area contributed by atoms with E-state index in [1.54, 1.807) is 14.2 Å². The number of amides is 1. The van der Waals surface area contributed by atoms with Crippen LogP contribution in [0.4, 0.5) is 0 Å². The molecule has 6 nitrogen and oxygen atoms in total. The van der Waals surface area contributed by atoms with Crippen LogP contribution in [0.15, 0.2) is 41.2 Å². The molecular formula is C26H28N2O4. The number of aromatic nitrogens is 1. The molecule has 1 aliphatic carbocycles. The van der Waals surface area contributed by atoms with Gasteiger partial charge in [0.25, 0.3) is 5.56 Å². The summed E-state index contributed by atoms with van der Waals surface area (Å²) in [5, 5.41) is 0.953. The lowest BCUT2D eigenvalue weighted by molar-refractivity contribution is -0.140. The number of ether oxygens (including phenoxy) is 2. The zero-order valence-electron chi connectivity index (χ0n) is 18.7. The van der Waals surface area contributed by atoms with E-state index in [1.165, 1.54) is 0 Å². The average Bonchev–Trinajstić information content (AvgIpc) is 2.75. The van der Waals surface area contributed by atoms with Gasteiger partial charge in [0.2, 0.25) is 5.91 Å². The van der Waals surface area contributed by atoms with Gasteiger partial charge in [-0.15, -0.1) is 0 Å². The Morgan fingerprint density at radius 2 is 1.78 bits per heavy atom. The monoisotopic (exact) mass is 432 g/mol. The van der Waals surface area contributed by atoms with E-state index in [-0.39, 0.29) is 17.4 Å². The summed E-state index contributed by atoms with van der Waals surface area (Å²) >= 11 is 0. The topological polar surface area (TPSA) is 71.6 Å². The number of aromatic amines is 1. The minimum Gasteiger partial charge on any atom is -0.493 e. The van der Waals surface area contributed by atoms with Crippen molar-refractivity contribution < 1.29 is 14.3 Å². The zero-order chi connectivity index (χ0) is 22.4. The van der Waals surface area contributed by atoms with Crippen molar-refractivity contribution in [3.8, 4) is 11.5 Å². The normalized spacial score (nSPS) is 18.2. The van der Waals surface area contributed by atoms with Crippen LogP contribution in [0, 0.1) is 12.8 Å². The van der Waals surface area contributed by atoms with E-state index in [9.17, 15) is 9.59 Å². The Balaban J connectivity index is 1.71. The van der Waals surface area contributed by atoms with E-state index in [0.717, 1.165) is 53.3 Å². The maximum atomic E-state index is 13.4. The summed E-state index contributed by atoms with van der Waals surface area (Å²) in [6.45, 7) is 2.58. The highest BCUT2D eigenvalue weighted by Gasteiger charge is 2.39. The first kappa shape index (κ1) is 20.6. The van der Waals surface area contributed by atoms with E-state index < -0.39 is 6.04 Å². The number of carbonyl (C=O) groups excluding carboxylic acids is 1. The molecule has 1 atom stereocenters. The number of methoxy groups -OCH3 is 2. The van der Waals surface area contributed by atoms with Gasteiger partial charge in [0.05, 0.1) is 20.3 Å². The van der Waals surface area contributed by atoms with E-state index >= 15 is 0 Å². The van der Waals surface area contributed by atoms with Crippen LogP contribution in [0.5, 0.6) is 11.5 Å². The van der Waals surface area contributed by atoms with Crippen molar-refractivity contribution in [1.82, 2.24) is 9.88 Å². The van der Waals surface area contributed by atoms with Crippen LogP contribution in [0.3, 0.4) is 0 Å². The summed E-state index contributed by atoms with van der Waals surface area (Å²) in [5.41, 5.74) is 4.32. The van der Waals surface area contributed by atoms with Crippen molar-refractivity contribution in [2.75, 3.05) is 20.8 Å². The summed E-state index contributed by atoms with van der Waals surface area (Å²) in [5.74, 6) is 1.46. The van der Waals surface area contributed by atoms with Crippen LogP contribution in [-0.2, 0) is 11.2 Å². The summed E-state index contributed by atoms with van der Waals surface area (Å²) in [4.78, 5) is 31.7. The Labute approximate surface area is 187 Å². The highest BCUT2D eigenvalue weighted by Crippen LogP contribution is 2.42. The molecule has 6 heteroatoms. The molecule has 0 radical (unpaired) electrons. The minimum absolute atomic E-state index is 0.0568. The number of fused-ring (bicyclic) bond motifs is 2. The van der Waals surface area contributed by atoms with Gasteiger partial charge in [0.1, 0.15) is 0 Å². The number of hydrogen-bond acceptors (Lipinski definition) is 4. The van der Waals surface area contributed by atoms with Gasteiger partial charge in [-0.05, 0) is 72.5 Å². The minimum atomic E-state index is -0.457. The second-order valence-corrected chi connectivity index (χ2v) is 8.86. The van der Waals surface area contributed by atoms with Gasteiger partial charge >= 0.3 is 0 Å². The maximum absolute atomic E-state index is 13.4. The molecule has 0 saturated heterocycles. The summed E-state index contributed by atoms with van der Waals surface area (Å²) in [7, 11) is 3.22. The quantitative estimate of drug-likeness (QED) is 0.673. The smallest absolute Gasteiger partial charge is 0.254 e. The molecule has 5 rings (SSSR count). The first-order valence-electron chi connectivity index (χ1n) is 11.2. The zero-order valence-corrected chi connectivity index (χ0v) is 18.7. The Kier molecular flexibility index (Phi) is 5.16. The second-order valence-electron chi connectivity index (χ2n) is 8.86. The summed E-state index contributed by atoms with van der Waals surface area (Å²) in [6, 6.07) is 11.4. The SMILES string of the molecule is COc1cc2c(cc1OC)[C@@H](c1cc3ccc(C)cc3[nH]c1=O)N(C(=O)C1CCC1)CC2. The number of benzene rings is 2. The maximum Gasteiger partial charge on any atom is 0.254 e. The fraction of sp³-hybridized carbons (Fsp3) is 0.385. The van der Waals surface area contributed by atoms with E-state index in [2.05, 4.69) is 4.98 Å². The van der Waals surface area contributed by atoms with Gasteiger partial charge in [-0.25, -0.2) is 0 Å². The molecule has 1 aliphatic heterocycles. The number of nitrogens with one attached hydrogen (secondary N) is 1. The van der Waals surface area contributed by atoms with Gasteiger partial charge in [0.15, 0.2) is 11.5 Å². The van der Waals surface area contributed by atoms with Crippen molar-refractivity contribution in [3.63, 3.8) is 0 Å². The average molecular weight is 433 g/mol. The standard InChI is InChI=1S/C26H28N2O4/c1-15-7-8-18-12-20(25(29)27-21(18)11-15)24-19-14-23(32-3)22(31-2)13-17(19)9-10-28(24)26(30)16-5-4-6-16/h7-8,11-14,16,24H,4-6,9-10H2,1-3H3,(H,27,29)/t24-/m0/s1. The molecule has 1 N–H and O–H groups in total. The number of hydrogen-bond donors (Lipinski definition) is 1. The predicted molar refractivity (Wildman–Crippen MR) is 123 cm³/mol. The van der Waals surface area contributed by atoms with E-state index in [0.29, 0.717) is 23.6 Å². The van der Waals surface area contributed by atoms with Crippen molar-refractivity contribution in [3.05, 3.63) is 69.0 Å². The Bertz CT molecular complexity index is 1260. The van der Waals surface area contributed by atoms with Crippen LogP contribution >= 0.6 is 0 Å². The molecule has 3 aromatic rings. The van der Waals surface area contributed by atoms with Crippen LogP contribution < -0.4 is 15.0 Å². The molecule has 2 aromatic carbocycles. The van der Waals surface area contributed by atoms with Crippen molar-refractivity contribution >= 4 is 16.8 Å². The summed E-state index contributed by atoms with van der Waals surface area (Å²) < 4.78 is 11.1. The lowest BCUT2D eigenvalue weighted by Gasteiger charge is -2.41. The van der Waals surface area contributed by atoms with Crippen molar-refractivity contribution in [1.29, 1.82) is 0 Å². The molecule has 166 valence electrons. The lowest BCUT2D eigenvalue weighted by atomic mass is 9.81. The Morgan fingerprint density at radius 3 is 2.47 bits per heavy atom. The third-order valence-electron chi connectivity index (χ3n) is 6.94. The molecule has 1 aromatic heterocycles. The molecule has 0 spiro atoms. The molecule has 0 bridgehead atoms. The number of rotatable bonds is 4. The molecule has 1 amide bonds. The van der Waals surface area contributed by atoms with Crippen LogP contribution in [-0.4, -0.2) is 36.6 Å². The molecule has 0 unspecified atom stereocenters. The number of H-pyrrole nitrogens is 1. The van der Waals surface area contributed by atoms with Gasteiger partial charge in [-0.1, -0.05) is 18.6 Å². The highest BCUT2D eigenvalue weighted by atomic mass is 16.5. The predicted octanol–water partition coefficient (Wildman–Crippen LogP) is 4.13. The fourth-order valence-corrected chi connectivity index (χ4v) is 4.94. The fourth-order valence-electron chi connectivity index (χ4n) is 4.94. The third kappa shape index (κ3) is 3.34. The first-order valence-corrected chi connectivity index (χ1v) is 11.2. The largest absolute Gasteiger partial charge is 0.493 e. The highest BCUT2D eigenvalue weighted by molar-refractivity contribution is 5.83. The molecule has 2 aliphatic rings. The Hall–Kier alpha value is -3.28. The second kappa shape index (κ2) is 8.01. The number of nitrogens with zero attached hydrogens (tertiary/aromatic N) is 1. The number of aryl methyl sites for hydroxylation is 1. The molecular weight excluding hydrogens is 404 g/mol. The number of carbonyl (C=O) groups is 1. The van der Waals surface area contributed by atoms with Gasteiger partial charge in [-0.2, -0.15) is 0 Å². The van der Waals surface area contributed by atoms with Crippen molar-refractivity contribution in [2.24, 2.45) is 5.92 Å². The number of pyridine rings is 1. The third-order valence-corrected chi connectivity index (χ3v) is 6.94. The van der Waals surface area contributed by atoms with Gasteiger partial charge < -0.3 is 19.4 Å². The summed E-state index contributed by atoms with van der Waals surface area (Å²) in [6.07, 6.45) is 3.66. The molecule has 32 heavy (non-hydrogen) atoms. The first-order chi connectivity index (χ1) is 15.5. The lowest BCUT2D eigenvalue weighted by Crippen LogP contribution is -2.46. The van der Waals surface area contributed by atoms with Crippen molar-refractivity contribution in [2.45, 2.75) is 38.6 Å². The van der Waals surface area contributed by atoms with E-state index in [1.807, 2.05) is 48.2 Å². The van der Waals surface area contributed by atoms with Crippen LogP contribution in [0.25, 0.3) is 10.9 Å². The molecule has 1 fully saturated rings. The van der Waals surface area contributed by atoms with Crippen LogP contribution in [0.1, 0.15) is 47.6 Å². The molecule has 1 saturated carbocycles. The van der Waals surface area contributed by atoms with E-state index in [4.69, 9.17) is 9.47 Å². The Morgan fingerprint density at radius 1 is 1.03 bits per heavy atom. The molecule has 2 heterocycles. The van der Waals surface area contributed by atoms with Gasteiger partial charge in [-0.3, -0.25) is 9.59 Å². The van der Waals surface area contributed by atoms with Gasteiger partial charge in [0, 0.05) is 23.5 Å².